The Morgan fingerprint density at radius 1 is 1.35 bits per heavy atom. The number of fused-ring (bicyclic) bond motifs is 1. The van der Waals surface area contributed by atoms with Gasteiger partial charge in [-0.05, 0) is 11.5 Å². The number of ether oxygens (including phenoxy) is 1. The molecular weight excluding hydrogens is 256 g/mol. The van der Waals surface area contributed by atoms with Crippen molar-refractivity contribution in [1.29, 1.82) is 0 Å². The minimum atomic E-state index is -0.409. The standard InChI is InChI=1S/C15H14N2O3/c1-20-15(19)11-8-13(18)17(9-11)14-12-5-3-2-4-10(12)6-7-16-14/h2-7,11H,8-9H2,1H3. The highest BCUT2D eigenvalue weighted by Gasteiger charge is 2.36. The Morgan fingerprint density at radius 2 is 2.15 bits per heavy atom. The summed E-state index contributed by atoms with van der Waals surface area (Å²) in [5, 5.41) is 1.93. The van der Waals surface area contributed by atoms with Crippen molar-refractivity contribution in [3.05, 3.63) is 36.5 Å². The van der Waals surface area contributed by atoms with Crippen molar-refractivity contribution in [1.82, 2.24) is 4.98 Å². The van der Waals surface area contributed by atoms with Gasteiger partial charge >= 0.3 is 5.97 Å². The molecule has 0 N–H and O–H groups in total. The summed E-state index contributed by atoms with van der Waals surface area (Å²) in [6.45, 7) is 0.326. The number of anilines is 1. The second-order valence-corrected chi connectivity index (χ2v) is 4.78. The lowest BCUT2D eigenvalue weighted by Crippen LogP contribution is -2.27. The van der Waals surface area contributed by atoms with Crippen molar-refractivity contribution < 1.29 is 14.3 Å². The number of benzene rings is 1. The Bertz CT molecular complexity index is 678. The molecule has 0 aliphatic carbocycles. The molecular formula is C15H14N2O3. The maximum atomic E-state index is 12.1. The highest BCUT2D eigenvalue weighted by Crippen LogP contribution is 2.29. The fourth-order valence-corrected chi connectivity index (χ4v) is 2.56. The molecule has 2 aromatic rings. The minimum absolute atomic E-state index is 0.0933. The molecule has 1 amide bonds. The number of pyridine rings is 1. The molecule has 1 unspecified atom stereocenters. The van der Waals surface area contributed by atoms with Gasteiger partial charge in [-0.3, -0.25) is 14.5 Å². The van der Waals surface area contributed by atoms with E-state index in [-0.39, 0.29) is 18.3 Å². The monoisotopic (exact) mass is 270 g/mol. The van der Waals surface area contributed by atoms with E-state index in [0.29, 0.717) is 12.4 Å². The third-order valence-electron chi connectivity index (χ3n) is 3.57. The van der Waals surface area contributed by atoms with Crippen LogP contribution in [0.1, 0.15) is 6.42 Å². The van der Waals surface area contributed by atoms with E-state index in [1.807, 2.05) is 30.3 Å². The van der Waals surface area contributed by atoms with Crippen molar-refractivity contribution in [2.75, 3.05) is 18.6 Å². The van der Waals surface area contributed by atoms with Crippen molar-refractivity contribution in [2.24, 2.45) is 5.92 Å². The molecule has 102 valence electrons. The average molecular weight is 270 g/mol. The third-order valence-corrected chi connectivity index (χ3v) is 3.57. The van der Waals surface area contributed by atoms with Gasteiger partial charge in [-0.2, -0.15) is 0 Å². The topological polar surface area (TPSA) is 59.5 Å². The Labute approximate surface area is 116 Å². The molecule has 0 saturated carbocycles. The van der Waals surface area contributed by atoms with Crippen molar-refractivity contribution in [3.63, 3.8) is 0 Å². The lowest BCUT2D eigenvalue weighted by atomic mass is 10.1. The number of carbonyl (C=O) groups excluding carboxylic acids is 2. The summed E-state index contributed by atoms with van der Waals surface area (Å²) in [5.74, 6) is -0.238. The van der Waals surface area contributed by atoms with E-state index in [4.69, 9.17) is 4.74 Å². The van der Waals surface area contributed by atoms with Gasteiger partial charge in [0, 0.05) is 24.5 Å². The molecule has 1 aromatic heterocycles. The molecule has 2 heterocycles. The van der Waals surface area contributed by atoms with Crippen molar-refractivity contribution >= 4 is 28.5 Å². The molecule has 5 nitrogen and oxygen atoms in total. The van der Waals surface area contributed by atoms with Crippen LogP contribution in [-0.4, -0.2) is 30.5 Å². The summed E-state index contributed by atoms with van der Waals surface area (Å²) in [7, 11) is 1.34. The van der Waals surface area contributed by atoms with Crippen molar-refractivity contribution in [2.45, 2.75) is 6.42 Å². The van der Waals surface area contributed by atoms with E-state index < -0.39 is 5.92 Å². The lowest BCUT2D eigenvalue weighted by Gasteiger charge is -2.17. The molecule has 1 aromatic carbocycles. The average Bonchev–Trinajstić information content (AvgIpc) is 2.87. The number of hydrogen-bond acceptors (Lipinski definition) is 4. The first kappa shape index (κ1) is 12.6. The highest BCUT2D eigenvalue weighted by atomic mass is 16.5. The predicted octanol–water partition coefficient (Wildman–Crippen LogP) is 1.76. The van der Waals surface area contributed by atoms with E-state index in [1.54, 1.807) is 11.1 Å². The second kappa shape index (κ2) is 4.92. The Morgan fingerprint density at radius 3 is 2.95 bits per heavy atom. The highest BCUT2D eigenvalue weighted by molar-refractivity contribution is 6.05. The van der Waals surface area contributed by atoms with Gasteiger partial charge < -0.3 is 4.74 Å². The summed E-state index contributed by atoms with van der Waals surface area (Å²) < 4.78 is 4.72. The molecule has 20 heavy (non-hydrogen) atoms. The first-order valence-electron chi connectivity index (χ1n) is 6.42. The molecule has 1 aliphatic heterocycles. The second-order valence-electron chi connectivity index (χ2n) is 4.78. The number of esters is 1. The van der Waals surface area contributed by atoms with Crippen LogP contribution in [0, 0.1) is 5.92 Å². The number of carbonyl (C=O) groups is 2. The number of aromatic nitrogens is 1. The number of nitrogens with zero attached hydrogens (tertiary/aromatic N) is 2. The quantitative estimate of drug-likeness (QED) is 0.780. The molecule has 1 atom stereocenters. The summed E-state index contributed by atoms with van der Waals surface area (Å²) in [6, 6.07) is 9.65. The Kier molecular flexibility index (Phi) is 3.10. The number of amides is 1. The molecule has 0 spiro atoms. The molecule has 1 saturated heterocycles. The van der Waals surface area contributed by atoms with Crippen LogP contribution in [0.15, 0.2) is 36.5 Å². The lowest BCUT2D eigenvalue weighted by molar-refractivity contribution is -0.145. The van der Waals surface area contributed by atoms with E-state index in [1.165, 1.54) is 7.11 Å². The zero-order valence-electron chi connectivity index (χ0n) is 11.1. The Hall–Kier alpha value is -2.43. The summed E-state index contributed by atoms with van der Waals surface area (Å²) in [4.78, 5) is 29.6. The largest absolute Gasteiger partial charge is 0.469 e. The van der Waals surface area contributed by atoms with Crippen LogP contribution in [0.3, 0.4) is 0 Å². The Balaban J connectivity index is 2.00. The van der Waals surface area contributed by atoms with Gasteiger partial charge in [-0.1, -0.05) is 24.3 Å². The molecule has 0 radical (unpaired) electrons. The van der Waals surface area contributed by atoms with Crippen LogP contribution in [0.2, 0.25) is 0 Å². The zero-order chi connectivity index (χ0) is 14.1. The fraction of sp³-hybridized carbons (Fsp3) is 0.267. The van der Waals surface area contributed by atoms with Gasteiger partial charge in [-0.15, -0.1) is 0 Å². The maximum Gasteiger partial charge on any atom is 0.311 e. The molecule has 3 rings (SSSR count). The normalized spacial score (nSPS) is 18.6. The smallest absolute Gasteiger partial charge is 0.311 e. The zero-order valence-corrected chi connectivity index (χ0v) is 11.1. The van der Waals surface area contributed by atoms with Crippen LogP contribution in [-0.2, 0) is 14.3 Å². The fourth-order valence-electron chi connectivity index (χ4n) is 2.56. The SMILES string of the molecule is COC(=O)C1CC(=O)N(c2nccc3ccccc23)C1. The molecule has 1 aliphatic rings. The van der Waals surface area contributed by atoms with E-state index in [9.17, 15) is 9.59 Å². The number of rotatable bonds is 2. The first-order chi connectivity index (χ1) is 9.70. The predicted molar refractivity (Wildman–Crippen MR) is 74.2 cm³/mol. The van der Waals surface area contributed by atoms with E-state index in [2.05, 4.69) is 4.98 Å². The van der Waals surface area contributed by atoms with Gasteiger partial charge in [0.25, 0.3) is 0 Å². The first-order valence-corrected chi connectivity index (χ1v) is 6.42. The molecule has 0 bridgehead atoms. The summed E-state index contributed by atoms with van der Waals surface area (Å²) in [5.41, 5.74) is 0. The summed E-state index contributed by atoms with van der Waals surface area (Å²) >= 11 is 0. The van der Waals surface area contributed by atoms with Gasteiger partial charge in [0.05, 0.1) is 13.0 Å². The minimum Gasteiger partial charge on any atom is -0.469 e. The van der Waals surface area contributed by atoms with E-state index >= 15 is 0 Å². The van der Waals surface area contributed by atoms with Crippen LogP contribution in [0.5, 0.6) is 0 Å². The molecule has 1 fully saturated rings. The molecule has 5 heteroatoms. The maximum absolute atomic E-state index is 12.1. The summed E-state index contributed by atoms with van der Waals surface area (Å²) in [6.07, 6.45) is 1.86. The van der Waals surface area contributed by atoms with Crippen LogP contribution in [0.25, 0.3) is 10.8 Å². The van der Waals surface area contributed by atoms with Gasteiger partial charge in [-0.25, -0.2) is 4.98 Å². The number of hydrogen-bond donors (Lipinski definition) is 0. The van der Waals surface area contributed by atoms with Crippen LogP contribution >= 0.6 is 0 Å². The van der Waals surface area contributed by atoms with Crippen LogP contribution in [0.4, 0.5) is 5.82 Å². The van der Waals surface area contributed by atoms with Gasteiger partial charge in [0.1, 0.15) is 5.82 Å². The van der Waals surface area contributed by atoms with E-state index in [0.717, 1.165) is 10.8 Å². The number of methoxy groups -OCH3 is 1. The van der Waals surface area contributed by atoms with Gasteiger partial charge in [0.15, 0.2) is 0 Å². The van der Waals surface area contributed by atoms with Crippen molar-refractivity contribution in [3.8, 4) is 0 Å². The third kappa shape index (κ3) is 2.01. The van der Waals surface area contributed by atoms with Gasteiger partial charge in [0.2, 0.25) is 5.91 Å². The van der Waals surface area contributed by atoms with Crippen LogP contribution < -0.4 is 4.90 Å².